The van der Waals surface area contributed by atoms with Crippen molar-refractivity contribution in [2.24, 2.45) is 0 Å². The van der Waals surface area contributed by atoms with Gasteiger partial charge in [0.1, 0.15) is 0 Å². The molecule has 0 aromatic heterocycles. The first-order valence-electron chi connectivity index (χ1n) is 1.34. The maximum Gasteiger partial charge on any atom is 0.0630 e. The Morgan fingerprint density at radius 1 is 2.00 bits per heavy atom. The van der Waals surface area contributed by atoms with Crippen LogP contribution < -0.4 is 0 Å². The van der Waals surface area contributed by atoms with Gasteiger partial charge < -0.3 is 5.11 Å². The third-order valence-corrected chi connectivity index (χ3v) is 1.19. The number of rotatable bonds is 1. The lowest BCUT2D eigenvalue weighted by molar-refractivity contribution is 0.249. The van der Waals surface area contributed by atoms with Crippen LogP contribution in [0.2, 0.25) is 0 Å². The molecule has 1 radical (unpaired) electrons. The number of aliphatic hydroxyl groups is 1. The zero-order valence-corrected chi connectivity index (χ0v) is 4.97. The van der Waals surface area contributed by atoms with Crippen LogP contribution in [0.5, 0.6) is 0 Å². The van der Waals surface area contributed by atoms with Gasteiger partial charge in [-0.3, -0.25) is 0 Å². The van der Waals surface area contributed by atoms with Crippen LogP contribution in [-0.2, 0) is 0 Å². The van der Waals surface area contributed by atoms with Gasteiger partial charge in [-0.2, -0.15) is 0 Å². The Kier molecular flexibility index (Phi) is 3.30. The molecule has 0 aliphatic carbocycles. The molecule has 1 unspecified atom stereocenters. The van der Waals surface area contributed by atoms with Gasteiger partial charge in [0.25, 0.3) is 0 Å². The summed E-state index contributed by atoms with van der Waals surface area (Å²) in [7, 11) is 0. The molecular weight excluding hydrogens is 179 g/mol. The lowest BCUT2D eigenvalue weighted by Gasteiger charge is -1.88. The predicted octanol–water partition coefficient (Wildman–Crippen LogP) is 0.616. The molecule has 0 amide bonds. The lowest BCUT2D eigenvalue weighted by Crippen LogP contribution is -1.98. The molecule has 1 atom stereocenters. The van der Waals surface area contributed by atoms with E-state index in [-0.39, 0.29) is 6.10 Å². The average molecular weight is 185 g/mol. The highest BCUT2D eigenvalue weighted by Crippen LogP contribution is 1.84. The monoisotopic (exact) mass is 185 g/mol. The SMILES string of the molecule is [CH2]C(O)CI. The van der Waals surface area contributed by atoms with Gasteiger partial charge in [0.05, 0.1) is 6.10 Å². The first kappa shape index (κ1) is 5.69. The van der Waals surface area contributed by atoms with E-state index in [9.17, 15) is 0 Å². The summed E-state index contributed by atoms with van der Waals surface area (Å²) < 4.78 is 0.720. The first-order chi connectivity index (χ1) is 2.27. The summed E-state index contributed by atoms with van der Waals surface area (Å²) in [4.78, 5) is 0. The van der Waals surface area contributed by atoms with Gasteiger partial charge in [0.15, 0.2) is 0 Å². The molecule has 0 aliphatic heterocycles. The predicted molar refractivity (Wildman–Crippen MR) is 30.3 cm³/mol. The Balaban J connectivity index is 2.54. The first-order valence-corrected chi connectivity index (χ1v) is 2.87. The minimum atomic E-state index is -0.379. The molecule has 1 nitrogen and oxygen atoms in total. The zero-order chi connectivity index (χ0) is 4.28. The molecule has 0 aromatic rings. The molecule has 0 saturated heterocycles. The van der Waals surface area contributed by atoms with E-state index in [0.717, 1.165) is 4.43 Å². The van der Waals surface area contributed by atoms with E-state index in [0.29, 0.717) is 0 Å². The third-order valence-electron chi connectivity index (χ3n) is 0.178. The molecule has 0 bridgehead atoms. The molecule has 5 heavy (non-hydrogen) atoms. The fraction of sp³-hybridized carbons (Fsp3) is 0.667. The summed E-state index contributed by atoms with van der Waals surface area (Å²) in [5.74, 6) is 0. The van der Waals surface area contributed by atoms with Gasteiger partial charge in [-0.1, -0.05) is 22.6 Å². The normalized spacial score (nSPS) is 15.0. The quantitative estimate of drug-likeness (QED) is 0.468. The third kappa shape index (κ3) is 4.69. The summed E-state index contributed by atoms with van der Waals surface area (Å²) >= 11 is 2.06. The van der Waals surface area contributed by atoms with Crippen molar-refractivity contribution in [3.8, 4) is 0 Å². The van der Waals surface area contributed by atoms with Crippen LogP contribution in [0.25, 0.3) is 0 Å². The minimum absolute atomic E-state index is 0.379. The summed E-state index contributed by atoms with van der Waals surface area (Å²) in [6.45, 7) is 3.30. The van der Waals surface area contributed by atoms with Gasteiger partial charge in [-0.25, -0.2) is 0 Å². The Morgan fingerprint density at radius 3 is 2.20 bits per heavy atom. The second kappa shape index (κ2) is 2.90. The summed E-state index contributed by atoms with van der Waals surface area (Å²) in [5, 5.41) is 8.24. The molecule has 0 aliphatic rings. The van der Waals surface area contributed by atoms with Crippen LogP contribution in [0.3, 0.4) is 0 Å². The van der Waals surface area contributed by atoms with Crippen LogP contribution in [0.15, 0.2) is 0 Å². The standard InChI is InChI=1S/C3H6IO/c1-3(5)2-4/h3,5H,1-2H2. The van der Waals surface area contributed by atoms with Gasteiger partial charge in [-0.15, -0.1) is 0 Å². The van der Waals surface area contributed by atoms with Gasteiger partial charge in [-0.05, 0) is 6.92 Å². The molecule has 0 heterocycles. The average Bonchev–Trinajstić information content (AvgIpc) is 1.38. The summed E-state index contributed by atoms with van der Waals surface area (Å²) in [6, 6.07) is 0. The molecule has 1 N–H and O–H groups in total. The molecule has 0 spiro atoms. The van der Waals surface area contributed by atoms with Crippen molar-refractivity contribution >= 4 is 22.6 Å². The second-order valence-corrected chi connectivity index (χ2v) is 1.69. The highest BCUT2D eigenvalue weighted by atomic mass is 127. The highest BCUT2D eigenvalue weighted by molar-refractivity contribution is 14.1. The largest absolute Gasteiger partial charge is 0.392 e. The maximum absolute atomic E-state index is 8.24. The Bertz CT molecular complexity index is 20.9. The molecule has 0 rings (SSSR count). The van der Waals surface area contributed by atoms with Crippen LogP contribution in [0, 0.1) is 6.92 Å². The van der Waals surface area contributed by atoms with Crippen molar-refractivity contribution < 1.29 is 5.11 Å². The van der Waals surface area contributed by atoms with Crippen molar-refractivity contribution in [1.29, 1.82) is 0 Å². The molecular formula is C3H6IO. The van der Waals surface area contributed by atoms with Crippen molar-refractivity contribution in [1.82, 2.24) is 0 Å². The lowest BCUT2D eigenvalue weighted by atomic mass is 10.5. The molecule has 31 valence electrons. The zero-order valence-electron chi connectivity index (χ0n) is 2.82. The molecule has 0 fully saturated rings. The van der Waals surface area contributed by atoms with Gasteiger partial charge in [0.2, 0.25) is 0 Å². The number of alkyl halides is 1. The van der Waals surface area contributed by atoms with Crippen molar-refractivity contribution in [2.75, 3.05) is 4.43 Å². The van der Waals surface area contributed by atoms with E-state index >= 15 is 0 Å². The maximum atomic E-state index is 8.24. The van der Waals surface area contributed by atoms with Crippen molar-refractivity contribution in [3.63, 3.8) is 0 Å². The Morgan fingerprint density at radius 2 is 2.20 bits per heavy atom. The summed E-state index contributed by atoms with van der Waals surface area (Å²) in [6.07, 6.45) is -0.379. The molecule has 0 aromatic carbocycles. The van der Waals surface area contributed by atoms with E-state index in [1.807, 2.05) is 0 Å². The topological polar surface area (TPSA) is 20.2 Å². The number of halogens is 1. The second-order valence-electron chi connectivity index (χ2n) is 0.808. The van der Waals surface area contributed by atoms with Crippen LogP contribution in [-0.4, -0.2) is 15.6 Å². The number of aliphatic hydroxyl groups excluding tert-OH is 1. The van der Waals surface area contributed by atoms with Crippen molar-refractivity contribution in [2.45, 2.75) is 6.10 Å². The van der Waals surface area contributed by atoms with E-state index in [4.69, 9.17) is 5.11 Å². The van der Waals surface area contributed by atoms with E-state index in [1.165, 1.54) is 0 Å². The van der Waals surface area contributed by atoms with Crippen molar-refractivity contribution in [3.05, 3.63) is 6.92 Å². The smallest absolute Gasteiger partial charge is 0.0630 e. The number of hydrogen-bond donors (Lipinski definition) is 1. The van der Waals surface area contributed by atoms with Gasteiger partial charge >= 0.3 is 0 Å². The fourth-order valence-electron chi connectivity index (χ4n) is 0. The minimum Gasteiger partial charge on any atom is -0.392 e. The molecule has 2 heteroatoms. The number of hydrogen-bond acceptors (Lipinski definition) is 1. The van der Waals surface area contributed by atoms with Crippen LogP contribution in [0.4, 0.5) is 0 Å². The Hall–Kier alpha value is 0.690. The van der Waals surface area contributed by atoms with E-state index in [1.54, 1.807) is 0 Å². The summed E-state index contributed by atoms with van der Waals surface area (Å²) in [5.41, 5.74) is 0. The Labute approximate surface area is 45.5 Å². The van der Waals surface area contributed by atoms with Crippen LogP contribution >= 0.6 is 22.6 Å². The van der Waals surface area contributed by atoms with E-state index in [2.05, 4.69) is 29.5 Å². The molecule has 0 saturated carbocycles. The highest BCUT2D eigenvalue weighted by Gasteiger charge is 1.83. The van der Waals surface area contributed by atoms with Gasteiger partial charge in [0, 0.05) is 4.43 Å². The van der Waals surface area contributed by atoms with Crippen LogP contribution in [0.1, 0.15) is 0 Å². The van der Waals surface area contributed by atoms with E-state index < -0.39 is 0 Å². The fourth-order valence-corrected chi connectivity index (χ4v) is 0.